The van der Waals surface area contributed by atoms with Gasteiger partial charge in [0.05, 0.1) is 6.04 Å². The quantitative estimate of drug-likeness (QED) is 0.742. The lowest BCUT2D eigenvalue weighted by atomic mass is 9.86. The highest BCUT2D eigenvalue weighted by Crippen LogP contribution is 2.21. The average Bonchev–Trinajstić information content (AvgIpc) is 2.35. The first-order valence-electron chi connectivity index (χ1n) is 6.48. The molecular formula is C13H27N3O. The summed E-state index contributed by atoms with van der Waals surface area (Å²) in [6.07, 6.45) is 1.03. The summed E-state index contributed by atoms with van der Waals surface area (Å²) in [4.78, 5) is 16.6. The van der Waals surface area contributed by atoms with Crippen LogP contribution in [-0.4, -0.2) is 54.5 Å². The number of hydrogen-bond donors (Lipinski definition) is 1. The number of carbonyl (C=O) groups is 1. The number of nitrogens with zero attached hydrogens (tertiary/aromatic N) is 2. The van der Waals surface area contributed by atoms with Crippen molar-refractivity contribution >= 4 is 5.91 Å². The smallest absolute Gasteiger partial charge is 0.240 e. The summed E-state index contributed by atoms with van der Waals surface area (Å²) < 4.78 is 0. The van der Waals surface area contributed by atoms with Crippen LogP contribution in [-0.2, 0) is 4.79 Å². The monoisotopic (exact) mass is 241 g/mol. The van der Waals surface area contributed by atoms with E-state index in [0.29, 0.717) is 0 Å². The molecule has 1 aliphatic heterocycles. The molecular weight excluding hydrogens is 214 g/mol. The molecule has 2 atom stereocenters. The molecule has 1 aliphatic rings. The second-order valence-corrected chi connectivity index (χ2v) is 6.34. The summed E-state index contributed by atoms with van der Waals surface area (Å²) in [6.45, 7) is 11.0. The Bertz CT molecular complexity index is 272. The van der Waals surface area contributed by atoms with Gasteiger partial charge in [-0.25, -0.2) is 0 Å². The fourth-order valence-electron chi connectivity index (χ4n) is 2.25. The van der Waals surface area contributed by atoms with E-state index in [1.165, 1.54) is 0 Å². The summed E-state index contributed by atoms with van der Waals surface area (Å²) in [5.41, 5.74) is 5.90. The molecule has 0 aromatic heterocycles. The molecule has 0 aromatic rings. The highest BCUT2D eigenvalue weighted by atomic mass is 16.2. The van der Waals surface area contributed by atoms with E-state index >= 15 is 0 Å². The fourth-order valence-corrected chi connectivity index (χ4v) is 2.25. The fraction of sp³-hybridized carbons (Fsp3) is 0.923. The van der Waals surface area contributed by atoms with Gasteiger partial charge in [-0.05, 0) is 32.4 Å². The number of amides is 1. The van der Waals surface area contributed by atoms with Crippen LogP contribution in [0, 0.1) is 5.41 Å². The minimum absolute atomic E-state index is 0.0975. The topological polar surface area (TPSA) is 49.6 Å². The highest BCUT2D eigenvalue weighted by molar-refractivity contribution is 5.82. The van der Waals surface area contributed by atoms with Crippen molar-refractivity contribution < 1.29 is 4.79 Å². The first-order valence-corrected chi connectivity index (χ1v) is 6.48. The predicted molar refractivity (Wildman–Crippen MR) is 70.7 cm³/mol. The molecule has 1 rings (SSSR count). The average molecular weight is 241 g/mol. The zero-order chi connectivity index (χ0) is 13.2. The van der Waals surface area contributed by atoms with Crippen molar-refractivity contribution in [2.45, 2.75) is 46.2 Å². The standard InChI is InChI=1S/C13H27N3O/c1-10-9-15(5)7-6-8-16(10)12(17)11(14)13(2,3)4/h10-11H,6-9,14H2,1-5H3/t10?,11-/m1/s1. The molecule has 0 aromatic carbocycles. The van der Waals surface area contributed by atoms with E-state index in [9.17, 15) is 4.79 Å². The maximum atomic E-state index is 12.4. The summed E-state index contributed by atoms with van der Waals surface area (Å²) >= 11 is 0. The highest BCUT2D eigenvalue weighted by Gasteiger charge is 2.33. The Kier molecular flexibility index (Phi) is 4.55. The van der Waals surface area contributed by atoms with Crippen LogP contribution in [0.15, 0.2) is 0 Å². The first-order chi connectivity index (χ1) is 7.73. The summed E-state index contributed by atoms with van der Waals surface area (Å²) in [5.74, 6) is 0.0975. The number of carbonyl (C=O) groups excluding carboxylic acids is 1. The molecule has 1 fully saturated rings. The third kappa shape index (κ3) is 3.68. The van der Waals surface area contributed by atoms with Gasteiger partial charge < -0.3 is 15.5 Å². The Morgan fingerprint density at radius 3 is 2.47 bits per heavy atom. The third-order valence-electron chi connectivity index (χ3n) is 3.53. The number of rotatable bonds is 1. The zero-order valence-corrected chi connectivity index (χ0v) is 11.9. The van der Waals surface area contributed by atoms with Gasteiger partial charge in [-0.3, -0.25) is 4.79 Å². The molecule has 1 unspecified atom stereocenters. The van der Waals surface area contributed by atoms with Crippen molar-refractivity contribution in [3.8, 4) is 0 Å². The molecule has 1 saturated heterocycles. The molecule has 17 heavy (non-hydrogen) atoms. The normalized spacial score (nSPS) is 25.5. The number of likely N-dealkylation sites (N-methyl/N-ethyl adjacent to an activating group) is 1. The van der Waals surface area contributed by atoms with Crippen LogP contribution in [0.3, 0.4) is 0 Å². The van der Waals surface area contributed by atoms with E-state index in [1.54, 1.807) is 0 Å². The van der Waals surface area contributed by atoms with Crippen LogP contribution in [0.4, 0.5) is 0 Å². The third-order valence-corrected chi connectivity index (χ3v) is 3.53. The Morgan fingerprint density at radius 2 is 1.94 bits per heavy atom. The first kappa shape index (κ1) is 14.5. The van der Waals surface area contributed by atoms with Crippen molar-refractivity contribution in [2.75, 3.05) is 26.7 Å². The van der Waals surface area contributed by atoms with Crippen molar-refractivity contribution in [3.05, 3.63) is 0 Å². The molecule has 0 radical (unpaired) electrons. The molecule has 2 N–H and O–H groups in total. The predicted octanol–water partition coefficient (Wildman–Crippen LogP) is 0.912. The van der Waals surface area contributed by atoms with Crippen molar-refractivity contribution in [1.29, 1.82) is 0 Å². The van der Waals surface area contributed by atoms with Crippen LogP contribution in [0.2, 0.25) is 0 Å². The van der Waals surface area contributed by atoms with Gasteiger partial charge in [0, 0.05) is 19.1 Å². The van der Waals surface area contributed by atoms with Gasteiger partial charge in [0.1, 0.15) is 0 Å². The van der Waals surface area contributed by atoms with E-state index in [4.69, 9.17) is 5.73 Å². The van der Waals surface area contributed by atoms with E-state index in [0.717, 1.165) is 26.1 Å². The lowest BCUT2D eigenvalue weighted by Crippen LogP contribution is -2.53. The maximum Gasteiger partial charge on any atom is 0.240 e. The lowest BCUT2D eigenvalue weighted by molar-refractivity contribution is -0.136. The van der Waals surface area contributed by atoms with Gasteiger partial charge in [-0.1, -0.05) is 20.8 Å². The van der Waals surface area contributed by atoms with Crippen LogP contribution >= 0.6 is 0 Å². The SMILES string of the molecule is CC1CN(C)CCCN1C(=O)[C@@H](N)C(C)(C)C. The molecule has 1 heterocycles. The van der Waals surface area contributed by atoms with Gasteiger partial charge in [-0.15, -0.1) is 0 Å². The Balaban J connectivity index is 2.74. The van der Waals surface area contributed by atoms with E-state index in [2.05, 4.69) is 18.9 Å². The lowest BCUT2D eigenvalue weighted by Gasteiger charge is -2.34. The Hall–Kier alpha value is -0.610. The van der Waals surface area contributed by atoms with Crippen molar-refractivity contribution in [2.24, 2.45) is 11.1 Å². The second-order valence-electron chi connectivity index (χ2n) is 6.34. The Labute approximate surface area is 105 Å². The summed E-state index contributed by atoms with van der Waals surface area (Å²) in [6, 6.07) is -0.156. The number of nitrogens with two attached hydrogens (primary N) is 1. The maximum absolute atomic E-state index is 12.4. The number of hydrogen-bond acceptors (Lipinski definition) is 3. The molecule has 1 amide bonds. The van der Waals surface area contributed by atoms with Crippen molar-refractivity contribution in [1.82, 2.24) is 9.80 Å². The van der Waals surface area contributed by atoms with Gasteiger partial charge in [0.2, 0.25) is 5.91 Å². The van der Waals surface area contributed by atoms with Gasteiger partial charge >= 0.3 is 0 Å². The molecule has 100 valence electrons. The van der Waals surface area contributed by atoms with Crippen molar-refractivity contribution in [3.63, 3.8) is 0 Å². The largest absolute Gasteiger partial charge is 0.337 e. The van der Waals surface area contributed by atoms with Gasteiger partial charge in [0.25, 0.3) is 0 Å². The minimum atomic E-state index is -0.409. The molecule has 0 saturated carbocycles. The summed E-state index contributed by atoms with van der Waals surface area (Å²) in [5, 5.41) is 0. The van der Waals surface area contributed by atoms with E-state index in [-0.39, 0.29) is 17.4 Å². The van der Waals surface area contributed by atoms with Crippen LogP contribution in [0.1, 0.15) is 34.1 Å². The molecule has 0 spiro atoms. The van der Waals surface area contributed by atoms with Crippen LogP contribution < -0.4 is 5.73 Å². The summed E-state index contributed by atoms with van der Waals surface area (Å²) in [7, 11) is 2.11. The zero-order valence-electron chi connectivity index (χ0n) is 11.9. The van der Waals surface area contributed by atoms with Crippen LogP contribution in [0.25, 0.3) is 0 Å². The molecule has 0 bridgehead atoms. The van der Waals surface area contributed by atoms with E-state index in [1.807, 2.05) is 25.7 Å². The van der Waals surface area contributed by atoms with E-state index < -0.39 is 6.04 Å². The van der Waals surface area contributed by atoms with Crippen LogP contribution in [0.5, 0.6) is 0 Å². The molecule has 4 heteroatoms. The molecule has 0 aliphatic carbocycles. The minimum Gasteiger partial charge on any atom is -0.337 e. The Morgan fingerprint density at radius 1 is 1.35 bits per heavy atom. The molecule has 4 nitrogen and oxygen atoms in total. The second kappa shape index (κ2) is 5.36. The van der Waals surface area contributed by atoms with Gasteiger partial charge in [0.15, 0.2) is 0 Å². The van der Waals surface area contributed by atoms with Gasteiger partial charge in [-0.2, -0.15) is 0 Å².